The molecule has 0 aromatic rings. The molecule has 0 fully saturated rings. The van der Waals surface area contributed by atoms with Crippen LogP contribution in [0.2, 0.25) is 0 Å². The monoisotopic (exact) mass is 201 g/mol. The zero-order valence-electron chi connectivity index (χ0n) is 10.3. The fourth-order valence-corrected chi connectivity index (χ4v) is 1.63. The van der Waals surface area contributed by atoms with Crippen molar-refractivity contribution in [2.75, 3.05) is 19.6 Å². The molecule has 0 saturated heterocycles. The van der Waals surface area contributed by atoms with E-state index >= 15 is 0 Å². The van der Waals surface area contributed by atoms with Crippen LogP contribution in [0.5, 0.6) is 0 Å². The number of likely N-dealkylation sites (N-methyl/N-ethyl adjacent to an activating group) is 1. The van der Waals surface area contributed by atoms with Crippen LogP contribution in [0.25, 0.3) is 0 Å². The van der Waals surface area contributed by atoms with Crippen LogP contribution < -0.4 is 0 Å². The molecule has 0 aromatic heterocycles. The van der Waals surface area contributed by atoms with Crippen molar-refractivity contribution < 1.29 is 5.11 Å². The summed E-state index contributed by atoms with van der Waals surface area (Å²) in [6, 6.07) is 0. The van der Waals surface area contributed by atoms with Gasteiger partial charge in [-0.1, -0.05) is 40.5 Å². The first-order valence-corrected chi connectivity index (χ1v) is 6.04. The van der Waals surface area contributed by atoms with Gasteiger partial charge in [-0.05, 0) is 18.9 Å². The highest BCUT2D eigenvalue weighted by Crippen LogP contribution is 2.06. The summed E-state index contributed by atoms with van der Waals surface area (Å²) in [4.78, 5) is 2.36. The van der Waals surface area contributed by atoms with Gasteiger partial charge in [-0.3, -0.25) is 0 Å². The van der Waals surface area contributed by atoms with Crippen LogP contribution in [0.4, 0.5) is 0 Å². The van der Waals surface area contributed by atoms with Crippen LogP contribution in [0, 0.1) is 5.92 Å². The van der Waals surface area contributed by atoms with E-state index < -0.39 is 0 Å². The molecule has 0 aliphatic rings. The Balaban J connectivity index is 3.77. The maximum Gasteiger partial charge on any atom is 0.0667 e. The van der Waals surface area contributed by atoms with Crippen LogP contribution in [-0.4, -0.2) is 35.7 Å². The molecule has 86 valence electrons. The van der Waals surface area contributed by atoms with E-state index in [2.05, 4.69) is 32.6 Å². The van der Waals surface area contributed by atoms with Crippen molar-refractivity contribution in [3.63, 3.8) is 0 Å². The Bertz CT molecular complexity index is 127. The molecule has 14 heavy (non-hydrogen) atoms. The first-order valence-electron chi connectivity index (χ1n) is 6.04. The Labute approximate surface area is 89.3 Å². The predicted octanol–water partition coefficient (Wildman–Crippen LogP) is 2.52. The third-order valence-electron chi connectivity index (χ3n) is 2.80. The molecule has 0 bridgehead atoms. The van der Waals surface area contributed by atoms with Gasteiger partial charge in [0, 0.05) is 13.1 Å². The number of hydrogen-bond acceptors (Lipinski definition) is 2. The molecule has 0 amide bonds. The average molecular weight is 201 g/mol. The first-order chi connectivity index (χ1) is 6.63. The van der Waals surface area contributed by atoms with Crippen molar-refractivity contribution >= 4 is 0 Å². The van der Waals surface area contributed by atoms with Gasteiger partial charge in [0.25, 0.3) is 0 Å². The molecule has 0 heterocycles. The first kappa shape index (κ1) is 13.9. The van der Waals surface area contributed by atoms with Crippen molar-refractivity contribution in [2.45, 2.75) is 53.1 Å². The maximum atomic E-state index is 9.69. The zero-order chi connectivity index (χ0) is 11.0. The van der Waals surface area contributed by atoms with E-state index in [9.17, 15) is 5.11 Å². The average Bonchev–Trinajstić information content (AvgIpc) is 2.16. The Kier molecular flexibility index (Phi) is 8.20. The third-order valence-corrected chi connectivity index (χ3v) is 2.80. The maximum absolute atomic E-state index is 9.69. The summed E-state index contributed by atoms with van der Waals surface area (Å²) in [7, 11) is 0. The molecule has 0 radical (unpaired) electrons. The summed E-state index contributed by atoms with van der Waals surface area (Å²) in [5.41, 5.74) is 0. The highest BCUT2D eigenvalue weighted by atomic mass is 16.3. The van der Waals surface area contributed by atoms with Crippen LogP contribution >= 0.6 is 0 Å². The second kappa shape index (κ2) is 8.25. The molecular weight excluding hydrogens is 174 g/mol. The fourth-order valence-electron chi connectivity index (χ4n) is 1.63. The molecular formula is C12H27NO. The molecule has 1 N–H and O–H groups in total. The van der Waals surface area contributed by atoms with E-state index in [1.165, 1.54) is 6.42 Å². The van der Waals surface area contributed by atoms with Gasteiger partial charge in [0.1, 0.15) is 0 Å². The molecule has 0 rings (SSSR count). The summed E-state index contributed by atoms with van der Waals surface area (Å²) in [6.07, 6.45) is 3.09. The number of aliphatic hydroxyl groups excluding tert-OH is 1. The SMILES string of the molecule is CCCC(O)CN(CC)CC(C)CC. The summed E-state index contributed by atoms with van der Waals surface area (Å²) in [6.45, 7) is 11.8. The standard InChI is InChI=1S/C12H27NO/c1-5-8-12(14)10-13(7-3)9-11(4)6-2/h11-12,14H,5-10H2,1-4H3. The normalized spacial score (nSPS) is 15.9. The summed E-state index contributed by atoms with van der Waals surface area (Å²) in [5.74, 6) is 0.740. The van der Waals surface area contributed by atoms with Crippen LogP contribution in [0.1, 0.15) is 47.0 Å². The molecule has 2 atom stereocenters. The minimum atomic E-state index is -0.135. The quantitative estimate of drug-likeness (QED) is 0.652. The lowest BCUT2D eigenvalue weighted by Gasteiger charge is -2.26. The van der Waals surface area contributed by atoms with Crippen LogP contribution in [0.15, 0.2) is 0 Å². The lowest BCUT2D eigenvalue weighted by molar-refractivity contribution is 0.0995. The van der Waals surface area contributed by atoms with E-state index in [-0.39, 0.29) is 6.10 Å². The van der Waals surface area contributed by atoms with E-state index in [1.807, 2.05) is 0 Å². The Hall–Kier alpha value is -0.0800. The van der Waals surface area contributed by atoms with Crippen molar-refractivity contribution in [2.24, 2.45) is 5.92 Å². The van der Waals surface area contributed by atoms with E-state index in [1.54, 1.807) is 0 Å². The summed E-state index contributed by atoms with van der Waals surface area (Å²) >= 11 is 0. The highest BCUT2D eigenvalue weighted by molar-refractivity contribution is 4.65. The van der Waals surface area contributed by atoms with Gasteiger partial charge in [-0.2, -0.15) is 0 Å². The van der Waals surface area contributed by atoms with Gasteiger partial charge < -0.3 is 10.0 Å². The van der Waals surface area contributed by atoms with Gasteiger partial charge in [0.15, 0.2) is 0 Å². The van der Waals surface area contributed by atoms with E-state index in [0.717, 1.165) is 38.4 Å². The zero-order valence-corrected chi connectivity index (χ0v) is 10.3. The minimum Gasteiger partial charge on any atom is -0.392 e. The second-order valence-electron chi connectivity index (χ2n) is 4.31. The van der Waals surface area contributed by atoms with Gasteiger partial charge >= 0.3 is 0 Å². The lowest BCUT2D eigenvalue weighted by atomic mass is 10.1. The molecule has 2 heteroatoms. The summed E-state index contributed by atoms with van der Waals surface area (Å²) in [5, 5.41) is 9.69. The third kappa shape index (κ3) is 6.39. The fraction of sp³-hybridized carbons (Fsp3) is 1.00. The van der Waals surface area contributed by atoms with Gasteiger partial charge in [-0.15, -0.1) is 0 Å². The Morgan fingerprint density at radius 1 is 1.14 bits per heavy atom. The van der Waals surface area contributed by atoms with Crippen molar-refractivity contribution in [3.05, 3.63) is 0 Å². The second-order valence-corrected chi connectivity index (χ2v) is 4.31. The van der Waals surface area contributed by atoms with E-state index in [4.69, 9.17) is 0 Å². The van der Waals surface area contributed by atoms with Gasteiger partial charge in [0.05, 0.1) is 6.10 Å². The van der Waals surface area contributed by atoms with Crippen molar-refractivity contribution in [3.8, 4) is 0 Å². The molecule has 0 aliphatic heterocycles. The lowest BCUT2D eigenvalue weighted by Crippen LogP contribution is -2.35. The number of hydrogen-bond donors (Lipinski definition) is 1. The Morgan fingerprint density at radius 3 is 2.21 bits per heavy atom. The molecule has 0 spiro atoms. The Morgan fingerprint density at radius 2 is 1.79 bits per heavy atom. The molecule has 2 unspecified atom stereocenters. The number of aliphatic hydroxyl groups is 1. The van der Waals surface area contributed by atoms with Crippen molar-refractivity contribution in [1.82, 2.24) is 4.90 Å². The molecule has 0 aromatic carbocycles. The topological polar surface area (TPSA) is 23.5 Å². The smallest absolute Gasteiger partial charge is 0.0667 e. The van der Waals surface area contributed by atoms with Crippen LogP contribution in [-0.2, 0) is 0 Å². The molecule has 2 nitrogen and oxygen atoms in total. The number of nitrogens with zero attached hydrogens (tertiary/aromatic N) is 1. The van der Waals surface area contributed by atoms with Gasteiger partial charge in [-0.25, -0.2) is 0 Å². The van der Waals surface area contributed by atoms with E-state index in [0.29, 0.717) is 0 Å². The summed E-state index contributed by atoms with van der Waals surface area (Å²) < 4.78 is 0. The highest BCUT2D eigenvalue weighted by Gasteiger charge is 2.11. The largest absolute Gasteiger partial charge is 0.392 e. The van der Waals surface area contributed by atoms with Crippen LogP contribution in [0.3, 0.4) is 0 Å². The van der Waals surface area contributed by atoms with Gasteiger partial charge in [0.2, 0.25) is 0 Å². The number of rotatable bonds is 8. The minimum absolute atomic E-state index is 0.135. The molecule has 0 aliphatic carbocycles. The van der Waals surface area contributed by atoms with Crippen molar-refractivity contribution in [1.29, 1.82) is 0 Å². The molecule has 0 saturated carbocycles. The predicted molar refractivity (Wildman–Crippen MR) is 62.5 cm³/mol.